The first kappa shape index (κ1) is 32.3. The summed E-state index contributed by atoms with van der Waals surface area (Å²) in [5, 5.41) is 0. The number of carbonyl (C=O) groups excluding carboxylic acids is 1. The van der Waals surface area contributed by atoms with E-state index in [4.69, 9.17) is 0 Å². The fraction of sp³-hybridized carbons (Fsp3) is 0.213. The molecule has 49 heavy (non-hydrogen) atoms. The van der Waals surface area contributed by atoms with Crippen molar-refractivity contribution in [3.63, 3.8) is 0 Å². The number of aryl methyl sites for hydroxylation is 2. The van der Waals surface area contributed by atoms with Crippen LogP contribution in [0.2, 0.25) is 0 Å². The number of nitrogens with zero attached hydrogens (tertiary/aromatic N) is 1. The number of hydrogen-bond acceptors (Lipinski definition) is 1. The van der Waals surface area contributed by atoms with Crippen molar-refractivity contribution >= 4 is 11.6 Å². The van der Waals surface area contributed by atoms with E-state index >= 15 is 0 Å². The summed E-state index contributed by atoms with van der Waals surface area (Å²) >= 11 is 0. The molecule has 1 aliphatic rings. The maximum absolute atomic E-state index is 14.4. The van der Waals surface area contributed by atoms with Crippen LogP contribution in [0, 0.1) is 6.92 Å². The minimum absolute atomic E-state index is 0.161. The van der Waals surface area contributed by atoms with E-state index in [2.05, 4.69) is 178 Å². The SMILES string of the molecule is Cc1ccc([C@]2(C)CC(C)(C)N(C(=O)CCc3ccccc3)c3ccc(C(c4ccccc4)(c4ccccc4)c4ccccc4)cc32)cc1. The van der Waals surface area contributed by atoms with Crippen molar-refractivity contribution in [3.05, 3.63) is 208 Å². The third-order valence-corrected chi connectivity index (χ3v) is 10.7. The van der Waals surface area contributed by atoms with Crippen molar-refractivity contribution in [3.8, 4) is 0 Å². The van der Waals surface area contributed by atoms with Gasteiger partial charge in [-0.25, -0.2) is 0 Å². The lowest BCUT2D eigenvalue weighted by Gasteiger charge is -2.52. The zero-order valence-electron chi connectivity index (χ0n) is 29.1. The molecule has 1 atom stereocenters. The summed E-state index contributed by atoms with van der Waals surface area (Å²) in [7, 11) is 0. The zero-order valence-corrected chi connectivity index (χ0v) is 29.1. The highest BCUT2D eigenvalue weighted by molar-refractivity contribution is 5.97. The third kappa shape index (κ3) is 5.80. The lowest BCUT2D eigenvalue weighted by Crippen LogP contribution is -2.56. The molecule has 1 amide bonds. The van der Waals surface area contributed by atoms with Crippen LogP contribution in [0.4, 0.5) is 5.69 Å². The molecule has 7 rings (SSSR count). The van der Waals surface area contributed by atoms with Gasteiger partial charge in [0.05, 0.1) is 5.41 Å². The quantitative estimate of drug-likeness (QED) is 0.152. The lowest BCUT2D eigenvalue weighted by molar-refractivity contribution is -0.119. The molecule has 244 valence electrons. The molecular formula is C47H45NO. The van der Waals surface area contributed by atoms with Gasteiger partial charge < -0.3 is 4.90 Å². The van der Waals surface area contributed by atoms with Crippen molar-refractivity contribution in [2.75, 3.05) is 4.90 Å². The highest BCUT2D eigenvalue weighted by Gasteiger charge is 2.49. The Morgan fingerprint density at radius 3 is 1.61 bits per heavy atom. The Hall–Kier alpha value is -5.21. The average Bonchev–Trinajstić information content (AvgIpc) is 3.13. The molecule has 0 spiro atoms. The van der Waals surface area contributed by atoms with Gasteiger partial charge >= 0.3 is 0 Å². The molecule has 6 aromatic carbocycles. The van der Waals surface area contributed by atoms with Crippen molar-refractivity contribution in [1.29, 1.82) is 0 Å². The molecule has 0 aromatic heterocycles. The van der Waals surface area contributed by atoms with Gasteiger partial charge in [-0.05, 0) is 78.6 Å². The maximum Gasteiger partial charge on any atom is 0.227 e. The van der Waals surface area contributed by atoms with Crippen molar-refractivity contribution in [1.82, 2.24) is 0 Å². The second-order valence-corrected chi connectivity index (χ2v) is 14.5. The van der Waals surface area contributed by atoms with Gasteiger partial charge in [0.25, 0.3) is 0 Å². The number of carbonyl (C=O) groups is 1. The molecule has 1 heterocycles. The largest absolute Gasteiger partial charge is 0.307 e. The van der Waals surface area contributed by atoms with Crippen LogP contribution >= 0.6 is 0 Å². The molecule has 6 aromatic rings. The van der Waals surface area contributed by atoms with Crippen LogP contribution in [0.5, 0.6) is 0 Å². The normalized spacial score (nSPS) is 16.9. The number of benzene rings is 6. The van der Waals surface area contributed by atoms with Gasteiger partial charge in [-0.2, -0.15) is 0 Å². The number of amides is 1. The topological polar surface area (TPSA) is 20.3 Å². The Morgan fingerprint density at radius 2 is 1.10 bits per heavy atom. The maximum atomic E-state index is 14.4. The molecule has 0 bridgehead atoms. The van der Waals surface area contributed by atoms with E-state index in [0.717, 1.165) is 12.1 Å². The van der Waals surface area contributed by atoms with Gasteiger partial charge in [-0.15, -0.1) is 0 Å². The number of hydrogen-bond donors (Lipinski definition) is 0. The summed E-state index contributed by atoms with van der Waals surface area (Å²) in [5.41, 5.74) is 9.36. The summed E-state index contributed by atoms with van der Waals surface area (Å²) in [5.74, 6) is 0.161. The molecule has 2 heteroatoms. The summed E-state index contributed by atoms with van der Waals surface area (Å²) < 4.78 is 0. The fourth-order valence-electron chi connectivity index (χ4n) is 8.49. The molecule has 0 fully saturated rings. The van der Waals surface area contributed by atoms with Crippen molar-refractivity contribution in [2.24, 2.45) is 0 Å². The molecule has 1 aliphatic heterocycles. The van der Waals surface area contributed by atoms with Crippen LogP contribution in [0.1, 0.15) is 78.1 Å². The molecule has 2 nitrogen and oxygen atoms in total. The monoisotopic (exact) mass is 639 g/mol. The van der Waals surface area contributed by atoms with Crippen molar-refractivity contribution < 1.29 is 4.79 Å². The van der Waals surface area contributed by atoms with Gasteiger partial charge in [-0.1, -0.05) is 170 Å². The molecule has 0 unspecified atom stereocenters. The van der Waals surface area contributed by atoms with Gasteiger partial charge in [-0.3, -0.25) is 4.79 Å². The van der Waals surface area contributed by atoms with Gasteiger partial charge in [0.15, 0.2) is 0 Å². The summed E-state index contributed by atoms with van der Waals surface area (Å²) in [4.78, 5) is 16.5. The highest BCUT2D eigenvalue weighted by Crippen LogP contribution is 2.53. The minimum atomic E-state index is -0.581. The standard InChI is InChI=1S/C47H45NO/c1-35-25-28-37(29-26-35)46(4)34-45(2,3)48(44(49)32-27-36-17-9-5-10-18-36)43-31-30-41(33-42(43)46)47(38-19-11-6-12-20-38,39-21-13-7-14-22-39)40-23-15-8-16-24-40/h5-26,28-31,33H,27,32,34H2,1-4H3/t46-/m0/s1. The first-order valence-corrected chi connectivity index (χ1v) is 17.5. The molecular weight excluding hydrogens is 595 g/mol. The van der Waals surface area contributed by atoms with E-state index in [1.54, 1.807) is 0 Å². The van der Waals surface area contributed by atoms with E-state index in [0.29, 0.717) is 12.8 Å². The second-order valence-electron chi connectivity index (χ2n) is 14.5. The van der Waals surface area contributed by atoms with Gasteiger partial charge in [0.1, 0.15) is 0 Å². The minimum Gasteiger partial charge on any atom is -0.307 e. The molecule has 0 saturated heterocycles. The van der Waals surface area contributed by atoms with Gasteiger partial charge in [0.2, 0.25) is 5.91 Å². The Bertz CT molecular complexity index is 1940. The Kier molecular flexibility index (Phi) is 8.59. The number of fused-ring (bicyclic) bond motifs is 1. The fourth-order valence-corrected chi connectivity index (χ4v) is 8.49. The zero-order chi connectivity index (χ0) is 34.1. The summed E-state index contributed by atoms with van der Waals surface area (Å²) in [6.07, 6.45) is 1.97. The van der Waals surface area contributed by atoms with E-state index in [1.165, 1.54) is 44.5 Å². The average molecular weight is 640 g/mol. The van der Waals surface area contributed by atoms with E-state index < -0.39 is 11.0 Å². The first-order chi connectivity index (χ1) is 23.7. The summed E-state index contributed by atoms with van der Waals surface area (Å²) in [6.45, 7) is 8.99. The Morgan fingerprint density at radius 1 is 0.612 bits per heavy atom. The van der Waals surface area contributed by atoms with Crippen LogP contribution in [0.3, 0.4) is 0 Å². The van der Waals surface area contributed by atoms with Crippen LogP contribution in [-0.2, 0) is 22.0 Å². The smallest absolute Gasteiger partial charge is 0.227 e. The highest BCUT2D eigenvalue weighted by atomic mass is 16.2. The summed E-state index contributed by atoms with van der Waals surface area (Å²) in [6, 6.07) is 58.9. The Balaban J connectivity index is 1.48. The lowest BCUT2D eigenvalue weighted by atomic mass is 9.61. The van der Waals surface area contributed by atoms with E-state index in [1.807, 2.05) is 18.2 Å². The van der Waals surface area contributed by atoms with Crippen LogP contribution in [0.15, 0.2) is 164 Å². The van der Waals surface area contributed by atoms with Crippen LogP contribution in [0.25, 0.3) is 0 Å². The van der Waals surface area contributed by atoms with Gasteiger partial charge in [0, 0.05) is 23.1 Å². The first-order valence-electron chi connectivity index (χ1n) is 17.5. The molecule has 0 radical (unpaired) electrons. The molecule has 0 aliphatic carbocycles. The van der Waals surface area contributed by atoms with Crippen LogP contribution < -0.4 is 4.90 Å². The molecule has 0 N–H and O–H groups in total. The van der Waals surface area contributed by atoms with E-state index in [-0.39, 0.29) is 11.3 Å². The number of anilines is 1. The van der Waals surface area contributed by atoms with E-state index in [9.17, 15) is 4.79 Å². The predicted octanol–water partition coefficient (Wildman–Crippen LogP) is 10.8. The van der Waals surface area contributed by atoms with Crippen molar-refractivity contribution in [2.45, 2.75) is 63.3 Å². The predicted molar refractivity (Wildman–Crippen MR) is 203 cm³/mol. The Labute approximate surface area is 292 Å². The molecule has 0 saturated carbocycles. The third-order valence-electron chi connectivity index (χ3n) is 10.7. The van der Waals surface area contributed by atoms with Crippen LogP contribution in [-0.4, -0.2) is 11.4 Å². The number of rotatable bonds is 8. The second kappa shape index (κ2) is 13.0.